The maximum Gasteiger partial charge on any atom is 0.254 e. The number of aromatic nitrogens is 1. The molecule has 2 aromatic rings. The van der Waals surface area contributed by atoms with Crippen LogP contribution in [-0.2, 0) is 14.3 Å². The Morgan fingerprint density at radius 2 is 1.97 bits per heavy atom. The van der Waals surface area contributed by atoms with Gasteiger partial charge >= 0.3 is 0 Å². The van der Waals surface area contributed by atoms with E-state index in [9.17, 15) is 14.7 Å². The molecular weight excluding hydrogens is 412 g/mol. The molecule has 4 rings (SSSR count). The fourth-order valence-corrected chi connectivity index (χ4v) is 4.10. The van der Waals surface area contributed by atoms with Crippen LogP contribution in [-0.4, -0.2) is 109 Å². The van der Waals surface area contributed by atoms with Crippen LogP contribution >= 0.6 is 0 Å². The van der Waals surface area contributed by atoms with Crippen molar-refractivity contribution in [3.63, 3.8) is 0 Å². The highest BCUT2D eigenvalue weighted by atomic mass is 16.5. The van der Waals surface area contributed by atoms with E-state index in [4.69, 9.17) is 14.5 Å². The van der Waals surface area contributed by atoms with Gasteiger partial charge in [0, 0.05) is 38.6 Å². The summed E-state index contributed by atoms with van der Waals surface area (Å²) in [5.41, 5.74) is 1.85. The standard InChI is InChI=1S/C23H30N4O5/c1-25(6-10-28)23(30)18-14-20(24-19-5-3-2-4-17(18)19)21-15-27(9-13-32-21)22(29)16-26-7-11-31-12-8-26/h2-5,14,21,28H,6-13,15-16H2,1H3. The van der Waals surface area contributed by atoms with Crippen molar-refractivity contribution in [1.29, 1.82) is 0 Å². The van der Waals surface area contributed by atoms with Gasteiger partial charge in [0.1, 0.15) is 6.10 Å². The number of pyridine rings is 1. The Morgan fingerprint density at radius 3 is 2.75 bits per heavy atom. The Morgan fingerprint density at radius 1 is 1.19 bits per heavy atom. The van der Waals surface area contributed by atoms with Crippen molar-refractivity contribution in [2.24, 2.45) is 0 Å². The molecule has 9 heteroatoms. The van der Waals surface area contributed by atoms with Crippen LogP contribution in [0.15, 0.2) is 30.3 Å². The first-order chi connectivity index (χ1) is 15.6. The van der Waals surface area contributed by atoms with Crippen molar-refractivity contribution in [2.45, 2.75) is 6.10 Å². The number of ether oxygens (including phenoxy) is 2. The van der Waals surface area contributed by atoms with Crippen molar-refractivity contribution in [3.05, 3.63) is 41.6 Å². The summed E-state index contributed by atoms with van der Waals surface area (Å²) < 4.78 is 11.3. The molecule has 2 aliphatic heterocycles. The monoisotopic (exact) mass is 442 g/mol. The molecule has 1 aromatic heterocycles. The molecule has 1 unspecified atom stereocenters. The van der Waals surface area contributed by atoms with Gasteiger partial charge in [0.2, 0.25) is 5.91 Å². The lowest BCUT2D eigenvalue weighted by molar-refractivity contribution is -0.141. The van der Waals surface area contributed by atoms with E-state index >= 15 is 0 Å². The minimum Gasteiger partial charge on any atom is -0.395 e. The van der Waals surface area contributed by atoms with E-state index in [1.165, 1.54) is 4.90 Å². The molecule has 2 saturated heterocycles. The smallest absolute Gasteiger partial charge is 0.254 e. The summed E-state index contributed by atoms with van der Waals surface area (Å²) in [6.45, 7) is 4.70. The van der Waals surface area contributed by atoms with E-state index in [1.807, 2.05) is 29.2 Å². The third kappa shape index (κ3) is 5.07. The molecular formula is C23H30N4O5. The molecule has 3 heterocycles. The van der Waals surface area contributed by atoms with Gasteiger partial charge in [0.15, 0.2) is 0 Å². The Balaban J connectivity index is 1.55. The summed E-state index contributed by atoms with van der Waals surface area (Å²) in [4.78, 5) is 36.1. The van der Waals surface area contributed by atoms with Crippen LogP contribution in [0.3, 0.4) is 0 Å². The summed E-state index contributed by atoms with van der Waals surface area (Å²) in [6.07, 6.45) is -0.406. The number of aliphatic hydroxyl groups excluding tert-OH is 1. The molecule has 2 amide bonds. The first kappa shape index (κ1) is 22.6. The molecule has 0 saturated carbocycles. The molecule has 0 bridgehead atoms. The minimum absolute atomic E-state index is 0.0694. The molecule has 1 N–H and O–H groups in total. The maximum atomic E-state index is 13.0. The van der Waals surface area contributed by atoms with E-state index in [0.717, 1.165) is 18.5 Å². The second kappa shape index (κ2) is 10.4. The van der Waals surface area contributed by atoms with E-state index in [2.05, 4.69) is 4.90 Å². The zero-order chi connectivity index (χ0) is 22.5. The number of carbonyl (C=O) groups excluding carboxylic acids is 2. The summed E-state index contributed by atoms with van der Waals surface area (Å²) >= 11 is 0. The zero-order valence-electron chi connectivity index (χ0n) is 18.4. The van der Waals surface area contributed by atoms with Crippen LogP contribution < -0.4 is 0 Å². The largest absolute Gasteiger partial charge is 0.395 e. The zero-order valence-corrected chi connectivity index (χ0v) is 18.4. The van der Waals surface area contributed by atoms with Gasteiger partial charge in [0.25, 0.3) is 5.91 Å². The highest BCUT2D eigenvalue weighted by Gasteiger charge is 2.29. The van der Waals surface area contributed by atoms with E-state index in [-0.39, 0.29) is 25.0 Å². The molecule has 1 atom stereocenters. The van der Waals surface area contributed by atoms with Crippen LogP contribution in [0.1, 0.15) is 22.2 Å². The Hall–Kier alpha value is -2.59. The van der Waals surface area contributed by atoms with E-state index in [0.29, 0.717) is 56.2 Å². The quantitative estimate of drug-likeness (QED) is 0.697. The predicted octanol–water partition coefficient (Wildman–Crippen LogP) is 0.531. The molecule has 0 spiro atoms. The third-order valence-electron chi connectivity index (χ3n) is 5.96. The fraction of sp³-hybridized carbons (Fsp3) is 0.522. The molecule has 1 aromatic carbocycles. The number of carbonyl (C=O) groups is 2. The fourth-order valence-electron chi connectivity index (χ4n) is 4.10. The molecule has 0 radical (unpaired) electrons. The number of para-hydroxylation sites is 1. The number of hydrogen-bond acceptors (Lipinski definition) is 7. The van der Waals surface area contributed by atoms with Crippen molar-refractivity contribution in [1.82, 2.24) is 19.7 Å². The average Bonchev–Trinajstić information content (AvgIpc) is 2.83. The van der Waals surface area contributed by atoms with Gasteiger partial charge in [-0.15, -0.1) is 0 Å². The van der Waals surface area contributed by atoms with Crippen molar-refractivity contribution >= 4 is 22.7 Å². The van der Waals surface area contributed by atoms with Crippen LogP contribution in [0, 0.1) is 0 Å². The Bertz CT molecular complexity index is 963. The Labute approximate surface area is 187 Å². The molecule has 0 aliphatic carbocycles. The molecule has 32 heavy (non-hydrogen) atoms. The molecule has 9 nitrogen and oxygen atoms in total. The van der Waals surface area contributed by atoms with Crippen molar-refractivity contribution in [3.8, 4) is 0 Å². The lowest BCUT2D eigenvalue weighted by Gasteiger charge is -2.35. The van der Waals surface area contributed by atoms with Gasteiger partial charge < -0.3 is 24.4 Å². The minimum atomic E-state index is -0.406. The van der Waals surface area contributed by atoms with Crippen LogP contribution in [0.25, 0.3) is 10.9 Å². The normalized spacial score (nSPS) is 19.8. The number of nitrogens with zero attached hydrogens (tertiary/aromatic N) is 4. The average molecular weight is 443 g/mol. The predicted molar refractivity (Wildman–Crippen MR) is 118 cm³/mol. The summed E-state index contributed by atoms with van der Waals surface area (Å²) in [6, 6.07) is 9.25. The van der Waals surface area contributed by atoms with E-state index in [1.54, 1.807) is 13.1 Å². The molecule has 2 fully saturated rings. The lowest BCUT2D eigenvalue weighted by atomic mass is 10.0. The van der Waals surface area contributed by atoms with Gasteiger partial charge in [-0.1, -0.05) is 18.2 Å². The first-order valence-electron chi connectivity index (χ1n) is 11.0. The van der Waals surface area contributed by atoms with Crippen LogP contribution in [0.5, 0.6) is 0 Å². The van der Waals surface area contributed by atoms with Crippen LogP contribution in [0.2, 0.25) is 0 Å². The highest BCUT2D eigenvalue weighted by Crippen LogP contribution is 2.27. The van der Waals surface area contributed by atoms with Crippen LogP contribution in [0.4, 0.5) is 0 Å². The van der Waals surface area contributed by atoms with Gasteiger partial charge in [-0.3, -0.25) is 14.5 Å². The Kier molecular flexibility index (Phi) is 7.31. The number of morpholine rings is 2. The number of likely N-dealkylation sites (N-methyl/N-ethyl adjacent to an activating group) is 1. The van der Waals surface area contributed by atoms with Crippen molar-refractivity contribution in [2.75, 3.05) is 72.7 Å². The van der Waals surface area contributed by atoms with E-state index < -0.39 is 6.10 Å². The van der Waals surface area contributed by atoms with Crippen molar-refractivity contribution < 1.29 is 24.2 Å². The first-order valence-corrected chi connectivity index (χ1v) is 11.0. The number of benzene rings is 1. The van der Waals surface area contributed by atoms with Gasteiger partial charge in [-0.2, -0.15) is 0 Å². The lowest BCUT2D eigenvalue weighted by Crippen LogP contribution is -2.48. The highest BCUT2D eigenvalue weighted by molar-refractivity contribution is 6.06. The maximum absolute atomic E-state index is 13.0. The summed E-state index contributed by atoms with van der Waals surface area (Å²) in [5, 5.41) is 9.98. The number of fused-ring (bicyclic) bond motifs is 1. The molecule has 172 valence electrons. The third-order valence-corrected chi connectivity index (χ3v) is 5.96. The summed E-state index contributed by atoms with van der Waals surface area (Å²) in [5.74, 6) is -0.116. The number of aliphatic hydroxyl groups is 1. The number of hydrogen-bond donors (Lipinski definition) is 1. The summed E-state index contributed by atoms with van der Waals surface area (Å²) in [7, 11) is 1.66. The van der Waals surface area contributed by atoms with Gasteiger partial charge in [-0.25, -0.2) is 4.98 Å². The number of amides is 2. The molecule has 2 aliphatic rings. The van der Waals surface area contributed by atoms with Gasteiger partial charge in [0.05, 0.1) is 56.3 Å². The SMILES string of the molecule is CN(CCO)C(=O)c1cc(C2CN(C(=O)CN3CCOCC3)CCO2)nc2ccccc12. The second-order valence-corrected chi connectivity index (χ2v) is 8.15. The second-order valence-electron chi connectivity index (χ2n) is 8.15. The topological polar surface area (TPSA) is 95.4 Å². The number of rotatable bonds is 6. The van der Waals surface area contributed by atoms with Gasteiger partial charge in [-0.05, 0) is 12.1 Å².